The molecule has 36 heavy (non-hydrogen) atoms. The molecule has 0 heterocycles. The smallest absolute Gasteiger partial charge is 0.297 e. The topological polar surface area (TPSA) is 83.1 Å². The SMILES string of the molecule is CNc1ccc(/C=C/c2ccc(OCCOCCOCCOS(=O)(=O)c3ccccc3C)cc2)cc1. The van der Waals surface area contributed by atoms with E-state index in [-0.39, 0.29) is 18.1 Å². The predicted octanol–water partition coefficient (Wildman–Crippen LogP) is 5.02. The molecule has 0 aliphatic rings. The first-order valence-electron chi connectivity index (χ1n) is 11.8. The standard InChI is InChI=1S/C28H33NO6S/c1-23-5-3-4-6-28(23)36(30,31)35-22-20-33-18-17-32-19-21-34-27-15-11-25(12-16-27)8-7-24-9-13-26(29-2)14-10-24/h3-16,29H,17-22H2,1-2H3/b8-7+. The van der Waals surface area contributed by atoms with Gasteiger partial charge >= 0.3 is 0 Å². The Bertz CT molecular complexity index is 1190. The zero-order chi connectivity index (χ0) is 25.6. The van der Waals surface area contributed by atoms with Gasteiger partial charge in [0, 0.05) is 12.7 Å². The fourth-order valence-corrected chi connectivity index (χ4v) is 4.39. The quantitative estimate of drug-likeness (QED) is 0.174. The van der Waals surface area contributed by atoms with Gasteiger partial charge in [-0.25, -0.2) is 0 Å². The third kappa shape index (κ3) is 9.13. The van der Waals surface area contributed by atoms with Crippen molar-refractivity contribution in [1.29, 1.82) is 0 Å². The van der Waals surface area contributed by atoms with Crippen LogP contribution in [0.25, 0.3) is 12.2 Å². The lowest BCUT2D eigenvalue weighted by Crippen LogP contribution is -2.15. The van der Waals surface area contributed by atoms with Crippen LogP contribution in [0.1, 0.15) is 16.7 Å². The molecule has 0 aliphatic carbocycles. The van der Waals surface area contributed by atoms with E-state index < -0.39 is 10.1 Å². The third-order valence-corrected chi connectivity index (χ3v) is 6.72. The average molecular weight is 512 g/mol. The summed E-state index contributed by atoms with van der Waals surface area (Å²) in [6.45, 7) is 3.41. The lowest BCUT2D eigenvalue weighted by atomic mass is 10.1. The van der Waals surface area contributed by atoms with Gasteiger partial charge in [0.2, 0.25) is 0 Å². The van der Waals surface area contributed by atoms with E-state index in [1.54, 1.807) is 25.1 Å². The largest absolute Gasteiger partial charge is 0.491 e. The highest BCUT2D eigenvalue weighted by atomic mass is 32.2. The summed E-state index contributed by atoms with van der Waals surface area (Å²) in [4.78, 5) is 0.176. The Hall–Kier alpha value is -3.17. The van der Waals surface area contributed by atoms with E-state index in [1.165, 1.54) is 6.07 Å². The van der Waals surface area contributed by atoms with Crippen molar-refractivity contribution >= 4 is 28.0 Å². The number of aryl methyl sites for hydroxylation is 1. The minimum absolute atomic E-state index is 0.0480. The van der Waals surface area contributed by atoms with Crippen molar-refractivity contribution in [2.75, 3.05) is 52.0 Å². The van der Waals surface area contributed by atoms with Crippen LogP contribution in [-0.4, -0.2) is 55.1 Å². The molecule has 0 radical (unpaired) electrons. The summed E-state index contributed by atoms with van der Waals surface area (Å²) in [7, 11) is -1.88. The summed E-state index contributed by atoms with van der Waals surface area (Å²) in [5, 5.41) is 3.11. The van der Waals surface area contributed by atoms with Gasteiger partial charge in [0.05, 0.1) is 37.9 Å². The molecular weight excluding hydrogens is 478 g/mol. The molecule has 7 nitrogen and oxygen atoms in total. The van der Waals surface area contributed by atoms with Gasteiger partial charge in [-0.2, -0.15) is 8.42 Å². The average Bonchev–Trinajstić information content (AvgIpc) is 2.89. The number of hydrogen-bond donors (Lipinski definition) is 1. The second kappa shape index (κ2) is 14.4. The molecule has 3 aromatic carbocycles. The number of benzene rings is 3. The maximum absolute atomic E-state index is 12.2. The maximum Gasteiger partial charge on any atom is 0.297 e. The third-order valence-electron chi connectivity index (χ3n) is 5.25. The minimum atomic E-state index is -3.78. The summed E-state index contributed by atoms with van der Waals surface area (Å²) in [5.41, 5.74) is 3.95. The summed E-state index contributed by atoms with van der Waals surface area (Å²) in [6, 6.07) is 22.8. The second-order valence-electron chi connectivity index (χ2n) is 7.89. The van der Waals surface area contributed by atoms with Crippen LogP contribution in [0.5, 0.6) is 5.75 Å². The number of ether oxygens (including phenoxy) is 3. The maximum atomic E-state index is 12.2. The van der Waals surface area contributed by atoms with Crippen molar-refractivity contribution in [3.8, 4) is 5.75 Å². The van der Waals surface area contributed by atoms with E-state index in [0.29, 0.717) is 32.0 Å². The van der Waals surface area contributed by atoms with Gasteiger partial charge in [0.25, 0.3) is 10.1 Å². The van der Waals surface area contributed by atoms with Gasteiger partial charge in [-0.3, -0.25) is 4.18 Å². The Morgan fingerprint density at radius 3 is 1.89 bits per heavy atom. The molecule has 0 fully saturated rings. The molecule has 0 aromatic heterocycles. The Morgan fingerprint density at radius 2 is 1.28 bits per heavy atom. The summed E-state index contributed by atoms with van der Waals surface area (Å²) >= 11 is 0. The van der Waals surface area contributed by atoms with Crippen LogP contribution >= 0.6 is 0 Å². The molecule has 3 rings (SSSR count). The van der Waals surface area contributed by atoms with Crippen LogP contribution in [0, 0.1) is 6.92 Å². The van der Waals surface area contributed by atoms with Gasteiger partial charge in [-0.05, 0) is 53.9 Å². The number of nitrogens with one attached hydrogen (secondary N) is 1. The fraction of sp³-hybridized carbons (Fsp3) is 0.286. The molecule has 192 valence electrons. The molecule has 0 amide bonds. The number of rotatable bonds is 15. The van der Waals surface area contributed by atoms with Crippen LogP contribution in [0.4, 0.5) is 5.69 Å². The first kappa shape index (κ1) is 27.4. The van der Waals surface area contributed by atoms with Gasteiger partial charge in [0.15, 0.2) is 0 Å². The summed E-state index contributed by atoms with van der Waals surface area (Å²) in [5.74, 6) is 0.775. The molecule has 0 aliphatic heterocycles. The normalized spacial score (nSPS) is 11.6. The second-order valence-corrected chi connectivity index (χ2v) is 9.47. The predicted molar refractivity (Wildman–Crippen MR) is 143 cm³/mol. The van der Waals surface area contributed by atoms with E-state index in [4.69, 9.17) is 18.4 Å². The Kier molecular flexibility index (Phi) is 11.0. The van der Waals surface area contributed by atoms with Crippen LogP contribution < -0.4 is 10.1 Å². The fourth-order valence-electron chi connectivity index (χ4n) is 3.27. The van der Waals surface area contributed by atoms with Gasteiger partial charge in [-0.15, -0.1) is 0 Å². The molecule has 0 unspecified atom stereocenters. The van der Waals surface area contributed by atoms with E-state index in [0.717, 1.165) is 22.6 Å². The molecule has 0 saturated carbocycles. The minimum Gasteiger partial charge on any atom is -0.491 e. The van der Waals surface area contributed by atoms with E-state index in [2.05, 4.69) is 29.6 Å². The zero-order valence-electron chi connectivity index (χ0n) is 20.7. The number of anilines is 1. The molecule has 0 saturated heterocycles. The highest BCUT2D eigenvalue weighted by Gasteiger charge is 2.16. The molecule has 1 N–H and O–H groups in total. The first-order valence-corrected chi connectivity index (χ1v) is 13.2. The molecule has 3 aromatic rings. The van der Waals surface area contributed by atoms with Crippen molar-refractivity contribution < 1.29 is 26.8 Å². The van der Waals surface area contributed by atoms with E-state index in [1.807, 2.05) is 43.4 Å². The highest BCUT2D eigenvalue weighted by Crippen LogP contribution is 2.17. The Labute approximate surface area is 213 Å². The summed E-state index contributed by atoms with van der Waals surface area (Å²) < 4.78 is 46.0. The first-order chi connectivity index (χ1) is 17.5. The van der Waals surface area contributed by atoms with Crippen LogP contribution in [0.2, 0.25) is 0 Å². The Morgan fingerprint density at radius 1 is 0.722 bits per heavy atom. The molecule has 0 bridgehead atoms. The number of hydrogen-bond acceptors (Lipinski definition) is 7. The zero-order valence-corrected chi connectivity index (χ0v) is 21.5. The van der Waals surface area contributed by atoms with Gasteiger partial charge in [-0.1, -0.05) is 54.6 Å². The van der Waals surface area contributed by atoms with Crippen molar-refractivity contribution in [2.45, 2.75) is 11.8 Å². The van der Waals surface area contributed by atoms with E-state index >= 15 is 0 Å². The van der Waals surface area contributed by atoms with Crippen molar-refractivity contribution in [1.82, 2.24) is 0 Å². The lowest BCUT2D eigenvalue weighted by molar-refractivity contribution is 0.0279. The van der Waals surface area contributed by atoms with Crippen molar-refractivity contribution in [3.05, 3.63) is 89.5 Å². The van der Waals surface area contributed by atoms with Crippen molar-refractivity contribution in [3.63, 3.8) is 0 Å². The molecular formula is C28H33NO6S. The lowest BCUT2D eigenvalue weighted by Gasteiger charge is -2.09. The summed E-state index contributed by atoms with van der Waals surface area (Å²) in [6.07, 6.45) is 4.13. The Balaban J connectivity index is 1.23. The monoisotopic (exact) mass is 511 g/mol. The van der Waals surface area contributed by atoms with E-state index in [9.17, 15) is 8.42 Å². The molecule has 8 heteroatoms. The van der Waals surface area contributed by atoms with Gasteiger partial charge in [0.1, 0.15) is 12.4 Å². The van der Waals surface area contributed by atoms with Crippen LogP contribution in [-0.2, 0) is 23.8 Å². The van der Waals surface area contributed by atoms with Crippen LogP contribution in [0.15, 0.2) is 77.7 Å². The van der Waals surface area contributed by atoms with Crippen molar-refractivity contribution in [2.24, 2.45) is 0 Å². The van der Waals surface area contributed by atoms with Gasteiger partial charge < -0.3 is 19.5 Å². The van der Waals surface area contributed by atoms with Crippen LogP contribution in [0.3, 0.4) is 0 Å². The molecule has 0 spiro atoms. The molecule has 0 atom stereocenters. The highest BCUT2D eigenvalue weighted by molar-refractivity contribution is 7.86.